The highest BCUT2D eigenvalue weighted by Gasteiger charge is 2.04. The summed E-state index contributed by atoms with van der Waals surface area (Å²) in [6, 6.07) is 12.6. The van der Waals surface area contributed by atoms with Gasteiger partial charge >= 0.3 is 0 Å². The average Bonchev–Trinajstić information content (AvgIpc) is 2.33. The number of rotatable bonds is 2. The van der Waals surface area contributed by atoms with Crippen LogP contribution in [-0.4, -0.2) is 4.98 Å². The maximum Gasteiger partial charge on any atom is 0.220 e. The van der Waals surface area contributed by atoms with E-state index in [1.807, 2.05) is 24.3 Å². The molecule has 0 amide bonds. The van der Waals surface area contributed by atoms with Crippen molar-refractivity contribution in [2.45, 2.75) is 0 Å². The fourth-order valence-corrected chi connectivity index (χ4v) is 2.33. The largest absolute Gasteiger partial charge is 0.438 e. The van der Waals surface area contributed by atoms with Gasteiger partial charge in [-0.25, -0.2) is 4.98 Å². The van der Waals surface area contributed by atoms with Crippen LogP contribution >= 0.6 is 31.9 Å². The molecule has 0 saturated heterocycles. The van der Waals surface area contributed by atoms with Crippen molar-refractivity contribution in [3.05, 3.63) is 51.0 Å². The van der Waals surface area contributed by atoms with Gasteiger partial charge in [-0.05, 0) is 40.2 Å². The summed E-state index contributed by atoms with van der Waals surface area (Å²) in [6.07, 6.45) is 0. The lowest BCUT2D eigenvalue weighted by Gasteiger charge is -2.06. The molecule has 2 rings (SSSR count). The van der Waals surface area contributed by atoms with E-state index in [4.69, 9.17) is 10.00 Å². The number of nitriles is 1. The molecule has 1 aromatic carbocycles. The van der Waals surface area contributed by atoms with Crippen molar-refractivity contribution in [3.63, 3.8) is 0 Å². The summed E-state index contributed by atoms with van der Waals surface area (Å²) < 4.78 is 7.35. The van der Waals surface area contributed by atoms with Crippen LogP contribution in [0.1, 0.15) is 5.69 Å². The van der Waals surface area contributed by atoms with Gasteiger partial charge in [0, 0.05) is 10.5 Å². The number of aromatic nitrogens is 1. The van der Waals surface area contributed by atoms with Gasteiger partial charge in [-0.2, -0.15) is 5.26 Å². The lowest BCUT2D eigenvalue weighted by Crippen LogP contribution is -1.90. The molecule has 84 valence electrons. The molecule has 0 aliphatic heterocycles. The fraction of sp³-hybridized carbons (Fsp3) is 0. The second-order valence-electron chi connectivity index (χ2n) is 3.15. The molecule has 17 heavy (non-hydrogen) atoms. The van der Waals surface area contributed by atoms with E-state index in [2.05, 4.69) is 36.8 Å². The molecule has 0 atom stereocenters. The minimum atomic E-state index is 0.329. The first-order valence-corrected chi connectivity index (χ1v) is 6.28. The third kappa shape index (κ3) is 3.05. The summed E-state index contributed by atoms with van der Waals surface area (Å²) >= 11 is 6.75. The standard InChI is InChI=1S/C12H6Br2N2O/c13-8-4-5-11(10(14)6-8)17-12-3-1-2-9(7-15)16-12/h1-6H. The first-order valence-electron chi connectivity index (χ1n) is 4.69. The third-order valence-corrected chi connectivity index (χ3v) is 3.06. The van der Waals surface area contributed by atoms with Crippen molar-refractivity contribution in [3.8, 4) is 17.7 Å². The summed E-state index contributed by atoms with van der Waals surface area (Å²) in [5.41, 5.74) is 0.329. The molecule has 0 fully saturated rings. The molecular formula is C12H6Br2N2O. The lowest BCUT2D eigenvalue weighted by atomic mass is 10.3. The minimum absolute atomic E-state index is 0.329. The van der Waals surface area contributed by atoms with Gasteiger partial charge in [0.2, 0.25) is 5.88 Å². The number of hydrogen-bond acceptors (Lipinski definition) is 3. The van der Waals surface area contributed by atoms with Crippen LogP contribution in [0.4, 0.5) is 0 Å². The Labute approximate surface area is 115 Å². The van der Waals surface area contributed by atoms with E-state index in [0.29, 0.717) is 17.3 Å². The maximum atomic E-state index is 8.74. The Morgan fingerprint density at radius 3 is 2.71 bits per heavy atom. The highest BCUT2D eigenvalue weighted by Crippen LogP contribution is 2.31. The Balaban J connectivity index is 2.28. The molecule has 0 unspecified atom stereocenters. The van der Waals surface area contributed by atoms with Crippen LogP contribution in [0.2, 0.25) is 0 Å². The highest BCUT2D eigenvalue weighted by molar-refractivity contribution is 9.11. The number of halogens is 2. The molecule has 0 radical (unpaired) electrons. The normalized spacial score (nSPS) is 9.71. The van der Waals surface area contributed by atoms with Crippen LogP contribution in [0.5, 0.6) is 11.6 Å². The number of pyridine rings is 1. The van der Waals surface area contributed by atoms with E-state index in [1.165, 1.54) is 0 Å². The zero-order valence-corrected chi connectivity index (χ0v) is 11.7. The van der Waals surface area contributed by atoms with Crippen molar-refractivity contribution in [2.75, 3.05) is 0 Å². The van der Waals surface area contributed by atoms with Crippen molar-refractivity contribution in [1.29, 1.82) is 5.26 Å². The monoisotopic (exact) mass is 352 g/mol. The lowest BCUT2D eigenvalue weighted by molar-refractivity contribution is 0.459. The molecule has 0 aliphatic rings. The summed E-state index contributed by atoms with van der Waals surface area (Å²) in [6.45, 7) is 0. The smallest absolute Gasteiger partial charge is 0.220 e. The summed E-state index contributed by atoms with van der Waals surface area (Å²) in [5.74, 6) is 1.04. The molecule has 1 heterocycles. The molecular weight excluding hydrogens is 348 g/mol. The minimum Gasteiger partial charge on any atom is -0.438 e. The molecule has 0 aliphatic carbocycles. The van der Waals surface area contributed by atoms with Gasteiger partial charge in [-0.1, -0.05) is 22.0 Å². The molecule has 0 bridgehead atoms. The molecule has 0 N–H and O–H groups in total. The van der Waals surface area contributed by atoms with Crippen LogP contribution in [0, 0.1) is 11.3 Å². The van der Waals surface area contributed by atoms with Crippen LogP contribution in [0.25, 0.3) is 0 Å². The second-order valence-corrected chi connectivity index (χ2v) is 4.92. The number of hydrogen-bond donors (Lipinski definition) is 0. The average molecular weight is 354 g/mol. The zero-order chi connectivity index (χ0) is 12.3. The summed E-state index contributed by atoms with van der Waals surface area (Å²) in [7, 11) is 0. The molecule has 1 aromatic heterocycles. The van der Waals surface area contributed by atoms with E-state index < -0.39 is 0 Å². The zero-order valence-electron chi connectivity index (χ0n) is 8.52. The summed E-state index contributed by atoms with van der Waals surface area (Å²) in [5, 5.41) is 8.74. The van der Waals surface area contributed by atoms with Gasteiger partial charge in [-0.15, -0.1) is 0 Å². The van der Waals surface area contributed by atoms with Crippen molar-refractivity contribution >= 4 is 31.9 Å². The van der Waals surface area contributed by atoms with Gasteiger partial charge in [-0.3, -0.25) is 0 Å². The second kappa shape index (κ2) is 5.30. The van der Waals surface area contributed by atoms with Gasteiger partial charge in [0.15, 0.2) is 0 Å². The Morgan fingerprint density at radius 2 is 2.00 bits per heavy atom. The first-order chi connectivity index (χ1) is 8.19. The number of nitrogens with zero attached hydrogens (tertiary/aromatic N) is 2. The van der Waals surface area contributed by atoms with Crippen LogP contribution in [0.15, 0.2) is 45.3 Å². The fourth-order valence-electron chi connectivity index (χ4n) is 1.20. The Bertz CT molecular complexity index is 593. The first kappa shape index (κ1) is 12.1. The molecule has 2 aromatic rings. The Morgan fingerprint density at radius 1 is 1.18 bits per heavy atom. The molecule has 0 saturated carbocycles. The van der Waals surface area contributed by atoms with Gasteiger partial charge < -0.3 is 4.74 Å². The Kier molecular flexibility index (Phi) is 3.77. The van der Waals surface area contributed by atoms with Crippen molar-refractivity contribution in [2.24, 2.45) is 0 Å². The van der Waals surface area contributed by atoms with E-state index in [9.17, 15) is 0 Å². The Hall–Kier alpha value is -1.38. The SMILES string of the molecule is N#Cc1cccc(Oc2ccc(Br)cc2Br)n1. The van der Waals surface area contributed by atoms with Crippen molar-refractivity contribution in [1.82, 2.24) is 4.98 Å². The molecule has 0 spiro atoms. The third-order valence-electron chi connectivity index (χ3n) is 1.95. The van der Waals surface area contributed by atoms with Gasteiger partial charge in [0.25, 0.3) is 0 Å². The number of ether oxygens (including phenoxy) is 1. The van der Waals surface area contributed by atoms with Gasteiger partial charge in [0.05, 0.1) is 4.47 Å². The quantitative estimate of drug-likeness (QED) is 0.809. The van der Waals surface area contributed by atoms with Crippen LogP contribution in [-0.2, 0) is 0 Å². The predicted molar refractivity (Wildman–Crippen MR) is 70.9 cm³/mol. The van der Waals surface area contributed by atoms with E-state index in [0.717, 1.165) is 8.95 Å². The van der Waals surface area contributed by atoms with Crippen LogP contribution < -0.4 is 4.74 Å². The van der Waals surface area contributed by atoms with E-state index >= 15 is 0 Å². The van der Waals surface area contributed by atoms with Crippen LogP contribution in [0.3, 0.4) is 0 Å². The predicted octanol–water partition coefficient (Wildman–Crippen LogP) is 4.27. The molecule has 3 nitrogen and oxygen atoms in total. The molecule has 5 heteroatoms. The topological polar surface area (TPSA) is 45.9 Å². The maximum absolute atomic E-state index is 8.74. The van der Waals surface area contributed by atoms with Gasteiger partial charge in [0.1, 0.15) is 17.5 Å². The highest BCUT2D eigenvalue weighted by atomic mass is 79.9. The van der Waals surface area contributed by atoms with E-state index in [1.54, 1.807) is 18.2 Å². The van der Waals surface area contributed by atoms with E-state index in [-0.39, 0.29) is 0 Å². The summed E-state index contributed by atoms with van der Waals surface area (Å²) in [4.78, 5) is 4.03. The number of benzene rings is 1. The van der Waals surface area contributed by atoms with Crippen molar-refractivity contribution < 1.29 is 4.74 Å².